The highest BCUT2D eigenvalue weighted by atomic mass is 19.4. The summed E-state index contributed by atoms with van der Waals surface area (Å²) in [5.74, 6) is -6.19. The second-order valence-corrected chi connectivity index (χ2v) is 14.2. The number of imidazole rings is 1. The maximum atomic E-state index is 16.7. The van der Waals surface area contributed by atoms with Crippen LogP contribution in [0.4, 0.5) is 42.2 Å². The number of aromatic nitrogens is 3. The predicted octanol–water partition coefficient (Wildman–Crippen LogP) is 7.90. The van der Waals surface area contributed by atoms with E-state index >= 15 is 4.39 Å². The summed E-state index contributed by atoms with van der Waals surface area (Å²) in [4.78, 5) is 41.0. The van der Waals surface area contributed by atoms with Gasteiger partial charge >= 0.3 is 30.3 Å². The van der Waals surface area contributed by atoms with Gasteiger partial charge in [0.1, 0.15) is 24.2 Å². The Morgan fingerprint density at radius 1 is 0.917 bits per heavy atom. The maximum Gasteiger partial charge on any atom is 0.490 e. The molecule has 0 radical (unpaired) electrons. The summed E-state index contributed by atoms with van der Waals surface area (Å²) >= 11 is 0. The number of pyridine rings is 1. The molecule has 3 aromatic carbocycles. The number of hydrogen-bond donors (Lipinski definition) is 5. The number of ether oxygens (including phenoxy) is 1. The van der Waals surface area contributed by atoms with E-state index in [-0.39, 0.29) is 17.7 Å². The molecule has 0 amide bonds. The van der Waals surface area contributed by atoms with Crippen molar-refractivity contribution in [2.75, 3.05) is 38.3 Å². The number of carboxylic acids is 3. The molecular formula is C40H43F7N6O7. The Morgan fingerprint density at radius 3 is 2.05 bits per heavy atom. The molecule has 2 aromatic heterocycles. The van der Waals surface area contributed by atoms with Crippen molar-refractivity contribution in [1.82, 2.24) is 19.4 Å². The number of halogens is 7. The first-order chi connectivity index (χ1) is 27.8. The summed E-state index contributed by atoms with van der Waals surface area (Å²) in [5, 5.41) is 29.2. The quantitative estimate of drug-likeness (QED) is 0.0721. The van der Waals surface area contributed by atoms with Crippen molar-refractivity contribution in [2.45, 2.75) is 52.1 Å². The first-order valence-electron chi connectivity index (χ1n) is 17.8. The van der Waals surface area contributed by atoms with Gasteiger partial charge in [-0.2, -0.15) is 26.3 Å². The number of aryl methyl sites for hydroxylation is 1. The fraction of sp³-hybridized carbons (Fsp3) is 0.325. The van der Waals surface area contributed by atoms with Crippen LogP contribution in [0, 0.1) is 11.2 Å². The number of alkyl halides is 6. The minimum absolute atomic E-state index is 0.143. The average molecular weight is 853 g/mol. The Morgan fingerprint density at radius 2 is 1.52 bits per heavy atom. The highest BCUT2D eigenvalue weighted by Crippen LogP contribution is 2.36. The number of benzene rings is 3. The number of fused-ring (bicyclic) bond motifs is 1. The molecule has 6 N–H and O–H groups in total. The van der Waals surface area contributed by atoms with E-state index in [4.69, 9.17) is 35.3 Å². The normalized spacial score (nSPS) is 12.2. The highest BCUT2D eigenvalue weighted by molar-refractivity contribution is 5.93. The summed E-state index contributed by atoms with van der Waals surface area (Å²) < 4.78 is 88.0. The summed E-state index contributed by atoms with van der Waals surface area (Å²) in [5.41, 5.74) is 9.10. The monoisotopic (exact) mass is 852 g/mol. The minimum Gasteiger partial charge on any atom is -0.490 e. The van der Waals surface area contributed by atoms with Crippen molar-refractivity contribution in [3.05, 3.63) is 102 Å². The lowest BCUT2D eigenvalue weighted by molar-refractivity contribution is -0.193. The Bertz CT molecular complexity index is 2240. The SMILES string of the molecule is CCc1cc(OCC(C)(C)CN(C)C)c(F)c(C(Nc2ccc3c(N)nccc3c2)c2nc(-c3ccccc3)cn2CC(=O)O)c1.O=C(O)C(F)(F)F.O=C(O)C(F)(F)F. The second-order valence-electron chi connectivity index (χ2n) is 14.2. The van der Waals surface area contributed by atoms with Gasteiger partial charge < -0.3 is 40.6 Å². The standard InChI is InChI=1S/C36H41FN6O3.2C2HF3O2/c1-6-23-16-28(32(37)30(17-23)46-22-36(2,3)21-42(4)5)33(40-26-12-13-27-25(18-26)14-15-39-34(27)38)35-41-29(19-43(35)20-31(44)45)24-10-8-7-9-11-24;2*3-2(4,5)1(6)7/h7-19,33,40H,6,20-22H2,1-5H3,(H2,38,39)(H,44,45);2*(H,6,7). The summed E-state index contributed by atoms with van der Waals surface area (Å²) in [6.45, 7) is 6.87. The molecule has 0 saturated heterocycles. The van der Waals surface area contributed by atoms with E-state index in [1.54, 1.807) is 29.1 Å². The number of nitrogen functional groups attached to an aromatic ring is 1. The van der Waals surface area contributed by atoms with Crippen LogP contribution in [0.25, 0.3) is 22.0 Å². The number of carbonyl (C=O) groups is 3. The van der Waals surface area contributed by atoms with E-state index in [9.17, 15) is 36.2 Å². The van der Waals surface area contributed by atoms with E-state index in [1.165, 1.54) is 0 Å². The van der Waals surface area contributed by atoms with Crippen LogP contribution < -0.4 is 15.8 Å². The molecule has 0 spiro atoms. The number of carboxylic acid groups (broad SMARTS) is 3. The molecule has 0 fully saturated rings. The first-order valence-corrected chi connectivity index (χ1v) is 17.8. The second kappa shape index (κ2) is 20.0. The fourth-order valence-electron chi connectivity index (χ4n) is 5.79. The number of nitrogens with two attached hydrogens (primary N) is 1. The van der Waals surface area contributed by atoms with Crippen LogP contribution in [-0.2, 0) is 27.3 Å². The summed E-state index contributed by atoms with van der Waals surface area (Å²) in [6.07, 6.45) is -6.20. The van der Waals surface area contributed by atoms with Gasteiger partial charge in [-0.3, -0.25) is 4.79 Å². The number of nitrogens with one attached hydrogen (secondary N) is 1. The van der Waals surface area contributed by atoms with Gasteiger partial charge in [0, 0.05) is 46.6 Å². The van der Waals surface area contributed by atoms with Crippen molar-refractivity contribution < 1.29 is 65.2 Å². The molecule has 0 aliphatic carbocycles. The predicted molar refractivity (Wildman–Crippen MR) is 208 cm³/mol. The first kappa shape index (κ1) is 47.9. The van der Waals surface area contributed by atoms with Crippen molar-refractivity contribution in [3.8, 4) is 17.0 Å². The van der Waals surface area contributed by atoms with Crippen LogP contribution in [0.1, 0.15) is 43.8 Å². The van der Waals surface area contributed by atoms with Crippen molar-refractivity contribution in [1.29, 1.82) is 0 Å². The van der Waals surface area contributed by atoms with Gasteiger partial charge in [-0.1, -0.05) is 57.2 Å². The fourth-order valence-corrected chi connectivity index (χ4v) is 5.79. The van der Waals surface area contributed by atoms with Crippen LogP contribution in [0.3, 0.4) is 0 Å². The van der Waals surface area contributed by atoms with E-state index in [1.807, 2.05) is 75.6 Å². The lowest BCUT2D eigenvalue weighted by Gasteiger charge is -2.29. The number of hydrogen-bond acceptors (Lipinski definition) is 9. The maximum absolute atomic E-state index is 16.7. The molecule has 0 bridgehead atoms. The molecule has 1 atom stereocenters. The van der Waals surface area contributed by atoms with E-state index in [0.29, 0.717) is 41.6 Å². The van der Waals surface area contributed by atoms with Gasteiger partial charge in [0.15, 0.2) is 11.6 Å². The lowest BCUT2D eigenvalue weighted by Crippen LogP contribution is -2.33. The van der Waals surface area contributed by atoms with Gasteiger partial charge in [0.2, 0.25) is 0 Å². The molecule has 13 nitrogen and oxygen atoms in total. The zero-order valence-electron chi connectivity index (χ0n) is 32.9. The molecule has 5 rings (SSSR count). The van der Waals surface area contributed by atoms with E-state index in [0.717, 1.165) is 28.4 Å². The van der Waals surface area contributed by atoms with Gasteiger partial charge in [-0.15, -0.1) is 0 Å². The third kappa shape index (κ3) is 13.8. The van der Waals surface area contributed by atoms with Gasteiger partial charge in [0.25, 0.3) is 0 Å². The smallest absolute Gasteiger partial charge is 0.490 e. The Balaban J connectivity index is 0.000000589. The van der Waals surface area contributed by atoms with E-state index < -0.39 is 42.1 Å². The number of anilines is 2. The lowest BCUT2D eigenvalue weighted by atomic mass is 9.94. The van der Waals surface area contributed by atoms with Crippen molar-refractivity contribution >= 4 is 40.2 Å². The molecule has 0 saturated carbocycles. The van der Waals surface area contributed by atoms with Crippen LogP contribution in [0.2, 0.25) is 0 Å². The molecule has 1 unspecified atom stereocenters. The summed E-state index contributed by atoms with van der Waals surface area (Å²) in [7, 11) is 3.99. The number of rotatable bonds is 13. The molecule has 324 valence electrons. The summed E-state index contributed by atoms with van der Waals surface area (Å²) in [6, 6.07) is 19.6. The molecule has 60 heavy (non-hydrogen) atoms. The van der Waals surface area contributed by atoms with E-state index in [2.05, 4.69) is 29.0 Å². The Kier molecular flexibility index (Phi) is 16.0. The van der Waals surface area contributed by atoms with Crippen LogP contribution in [0.5, 0.6) is 5.75 Å². The zero-order valence-corrected chi connectivity index (χ0v) is 32.9. The third-order valence-corrected chi connectivity index (χ3v) is 8.24. The Hall–Kier alpha value is -6.44. The highest BCUT2D eigenvalue weighted by Gasteiger charge is 2.39. The average Bonchev–Trinajstić information content (AvgIpc) is 3.56. The van der Waals surface area contributed by atoms with Gasteiger partial charge in [-0.05, 0) is 61.8 Å². The molecule has 2 heterocycles. The third-order valence-electron chi connectivity index (χ3n) is 8.24. The molecule has 5 aromatic rings. The van der Waals surface area contributed by atoms with Gasteiger partial charge in [-0.25, -0.2) is 23.9 Å². The molecule has 0 aliphatic rings. The van der Waals surface area contributed by atoms with Crippen LogP contribution in [0.15, 0.2) is 79.1 Å². The largest absolute Gasteiger partial charge is 0.490 e. The molecule has 20 heteroatoms. The Labute approximate surface area is 339 Å². The number of aliphatic carboxylic acids is 3. The number of nitrogens with zero attached hydrogens (tertiary/aromatic N) is 4. The zero-order chi connectivity index (χ0) is 45.2. The van der Waals surface area contributed by atoms with Crippen LogP contribution in [-0.4, -0.2) is 92.3 Å². The van der Waals surface area contributed by atoms with Crippen molar-refractivity contribution in [2.24, 2.45) is 5.41 Å². The topological polar surface area (TPSA) is 193 Å². The molecular weight excluding hydrogens is 809 g/mol. The molecule has 0 aliphatic heterocycles. The van der Waals surface area contributed by atoms with Crippen molar-refractivity contribution in [3.63, 3.8) is 0 Å². The van der Waals surface area contributed by atoms with Gasteiger partial charge in [0.05, 0.1) is 12.3 Å². The minimum atomic E-state index is -5.08. The van der Waals surface area contributed by atoms with Crippen LogP contribution >= 0.6 is 0 Å².